The lowest BCUT2D eigenvalue weighted by Gasteiger charge is -2.10. The maximum absolute atomic E-state index is 12.5. The van der Waals surface area contributed by atoms with Crippen LogP contribution in [0.1, 0.15) is 46.5 Å². The average molecular weight is 417 g/mol. The summed E-state index contributed by atoms with van der Waals surface area (Å²) in [5.41, 5.74) is 3.41. The van der Waals surface area contributed by atoms with Gasteiger partial charge < -0.3 is 15.4 Å². The van der Waals surface area contributed by atoms with Crippen molar-refractivity contribution in [2.24, 2.45) is 5.92 Å². The van der Waals surface area contributed by atoms with E-state index in [2.05, 4.69) is 24.5 Å². The van der Waals surface area contributed by atoms with Crippen molar-refractivity contribution in [1.82, 2.24) is 0 Å². The second kappa shape index (κ2) is 10.4. The Bertz CT molecular complexity index is 1030. The zero-order valence-electron chi connectivity index (χ0n) is 18.1. The number of hydrogen-bond acceptors (Lipinski definition) is 3. The van der Waals surface area contributed by atoms with Crippen LogP contribution in [-0.2, 0) is 0 Å². The molecular formula is C26H28N2O3. The predicted octanol–water partition coefficient (Wildman–Crippen LogP) is 5.92. The largest absolute Gasteiger partial charge is 0.494 e. The lowest BCUT2D eigenvalue weighted by molar-refractivity contribution is 0.101. The number of aryl methyl sites for hydroxylation is 1. The zero-order chi connectivity index (χ0) is 22.2. The Morgan fingerprint density at radius 1 is 0.806 bits per heavy atom. The van der Waals surface area contributed by atoms with Gasteiger partial charge in [0.25, 0.3) is 11.8 Å². The zero-order valence-corrected chi connectivity index (χ0v) is 18.1. The summed E-state index contributed by atoms with van der Waals surface area (Å²) in [6, 6.07) is 21.6. The first-order valence-corrected chi connectivity index (χ1v) is 10.4. The summed E-state index contributed by atoms with van der Waals surface area (Å²) in [6.07, 6.45) is 0.990. The highest BCUT2D eigenvalue weighted by atomic mass is 16.5. The SMILES string of the molecule is Cc1ccccc1C(=O)Nc1ccc(NC(=O)c2ccc(OCCC(C)C)cc2)cc1. The number of rotatable bonds is 8. The summed E-state index contributed by atoms with van der Waals surface area (Å²) in [5.74, 6) is 0.981. The van der Waals surface area contributed by atoms with Crippen LogP contribution in [0.25, 0.3) is 0 Å². The standard InChI is InChI=1S/C26H28N2O3/c1-18(2)16-17-31-23-14-8-20(9-15-23)25(29)27-21-10-12-22(13-11-21)28-26(30)24-7-5-4-6-19(24)3/h4-15,18H,16-17H2,1-3H3,(H,27,29)(H,28,30). The van der Waals surface area contributed by atoms with Gasteiger partial charge in [0.2, 0.25) is 0 Å². The third kappa shape index (κ3) is 6.44. The molecule has 31 heavy (non-hydrogen) atoms. The molecule has 0 aliphatic rings. The van der Waals surface area contributed by atoms with Gasteiger partial charge in [-0.1, -0.05) is 32.0 Å². The summed E-state index contributed by atoms with van der Waals surface area (Å²) >= 11 is 0. The molecule has 2 amide bonds. The fraction of sp³-hybridized carbons (Fsp3) is 0.231. The van der Waals surface area contributed by atoms with Crippen molar-refractivity contribution < 1.29 is 14.3 Å². The number of benzene rings is 3. The molecule has 0 heterocycles. The molecule has 0 aromatic heterocycles. The normalized spacial score (nSPS) is 10.6. The Hall–Kier alpha value is -3.60. The maximum Gasteiger partial charge on any atom is 0.255 e. The molecule has 0 saturated heterocycles. The van der Waals surface area contributed by atoms with Gasteiger partial charge in [-0.25, -0.2) is 0 Å². The van der Waals surface area contributed by atoms with Crippen LogP contribution in [0.15, 0.2) is 72.8 Å². The van der Waals surface area contributed by atoms with Crippen molar-refractivity contribution in [3.63, 3.8) is 0 Å². The van der Waals surface area contributed by atoms with Crippen LogP contribution in [0.2, 0.25) is 0 Å². The van der Waals surface area contributed by atoms with Crippen LogP contribution < -0.4 is 15.4 Å². The molecule has 0 aliphatic heterocycles. The summed E-state index contributed by atoms with van der Waals surface area (Å²) in [4.78, 5) is 24.9. The highest BCUT2D eigenvalue weighted by Gasteiger charge is 2.10. The molecule has 5 heteroatoms. The lowest BCUT2D eigenvalue weighted by atomic mass is 10.1. The van der Waals surface area contributed by atoms with Crippen molar-refractivity contribution in [3.8, 4) is 5.75 Å². The van der Waals surface area contributed by atoms with Crippen LogP contribution in [0, 0.1) is 12.8 Å². The van der Waals surface area contributed by atoms with Crippen LogP contribution in [-0.4, -0.2) is 18.4 Å². The van der Waals surface area contributed by atoms with Gasteiger partial charge in [0.15, 0.2) is 0 Å². The number of carbonyl (C=O) groups is 2. The fourth-order valence-corrected chi connectivity index (χ4v) is 2.98. The minimum atomic E-state index is -0.203. The summed E-state index contributed by atoms with van der Waals surface area (Å²) in [5, 5.41) is 5.74. The van der Waals surface area contributed by atoms with Gasteiger partial charge in [0.05, 0.1) is 6.61 Å². The van der Waals surface area contributed by atoms with Crippen molar-refractivity contribution in [1.29, 1.82) is 0 Å². The number of amides is 2. The fourth-order valence-electron chi connectivity index (χ4n) is 2.98. The van der Waals surface area contributed by atoms with E-state index in [1.165, 1.54) is 0 Å². The Morgan fingerprint density at radius 2 is 1.39 bits per heavy atom. The molecule has 5 nitrogen and oxygen atoms in total. The highest BCUT2D eigenvalue weighted by Crippen LogP contribution is 2.18. The van der Waals surface area contributed by atoms with Crippen LogP contribution in [0.4, 0.5) is 11.4 Å². The quantitative estimate of drug-likeness (QED) is 0.479. The molecule has 0 unspecified atom stereocenters. The Kier molecular flexibility index (Phi) is 7.44. The van der Waals surface area contributed by atoms with E-state index in [-0.39, 0.29) is 11.8 Å². The molecule has 3 aromatic carbocycles. The van der Waals surface area contributed by atoms with E-state index in [9.17, 15) is 9.59 Å². The van der Waals surface area contributed by atoms with Crippen molar-refractivity contribution in [2.45, 2.75) is 27.2 Å². The van der Waals surface area contributed by atoms with Gasteiger partial charge in [-0.15, -0.1) is 0 Å². The number of ether oxygens (including phenoxy) is 1. The van der Waals surface area contributed by atoms with E-state index in [1.807, 2.05) is 25.1 Å². The summed E-state index contributed by atoms with van der Waals surface area (Å²) in [6.45, 7) is 6.87. The monoisotopic (exact) mass is 416 g/mol. The van der Waals surface area contributed by atoms with Gasteiger partial charge in [-0.3, -0.25) is 9.59 Å². The molecule has 0 bridgehead atoms. The van der Waals surface area contributed by atoms with Crippen molar-refractivity contribution in [3.05, 3.63) is 89.5 Å². The number of anilines is 2. The smallest absolute Gasteiger partial charge is 0.255 e. The highest BCUT2D eigenvalue weighted by molar-refractivity contribution is 6.06. The van der Waals surface area contributed by atoms with E-state index in [0.29, 0.717) is 35.0 Å². The lowest BCUT2D eigenvalue weighted by Crippen LogP contribution is -2.14. The Balaban J connectivity index is 1.55. The maximum atomic E-state index is 12.5. The molecule has 0 aliphatic carbocycles. The van der Waals surface area contributed by atoms with Gasteiger partial charge in [-0.2, -0.15) is 0 Å². The van der Waals surface area contributed by atoms with Gasteiger partial charge in [0, 0.05) is 22.5 Å². The van der Waals surface area contributed by atoms with E-state index in [4.69, 9.17) is 4.74 Å². The minimum Gasteiger partial charge on any atom is -0.494 e. The third-order valence-electron chi connectivity index (χ3n) is 4.87. The molecule has 160 valence electrons. The van der Waals surface area contributed by atoms with E-state index in [1.54, 1.807) is 54.6 Å². The second-order valence-corrected chi connectivity index (χ2v) is 7.86. The molecule has 3 rings (SSSR count). The average Bonchev–Trinajstić information content (AvgIpc) is 2.75. The topological polar surface area (TPSA) is 67.4 Å². The molecule has 0 saturated carbocycles. The van der Waals surface area contributed by atoms with Gasteiger partial charge in [-0.05, 0) is 79.4 Å². The molecule has 0 fully saturated rings. The first kappa shape index (κ1) is 22.1. The Morgan fingerprint density at radius 3 is 1.97 bits per heavy atom. The van der Waals surface area contributed by atoms with Crippen molar-refractivity contribution >= 4 is 23.2 Å². The number of nitrogens with one attached hydrogen (secondary N) is 2. The second-order valence-electron chi connectivity index (χ2n) is 7.86. The van der Waals surface area contributed by atoms with E-state index < -0.39 is 0 Å². The molecule has 0 atom stereocenters. The van der Waals surface area contributed by atoms with Crippen LogP contribution in [0.3, 0.4) is 0 Å². The summed E-state index contributed by atoms with van der Waals surface area (Å²) in [7, 11) is 0. The predicted molar refractivity (Wildman–Crippen MR) is 125 cm³/mol. The van der Waals surface area contributed by atoms with Crippen LogP contribution >= 0.6 is 0 Å². The van der Waals surface area contributed by atoms with E-state index in [0.717, 1.165) is 17.7 Å². The first-order valence-electron chi connectivity index (χ1n) is 10.4. The van der Waals surface area contributed by atoms with Crippen LogP contribution in [0.5, 0.6) is 5.75 Å². The molecule has 0 radical (unpaired) electrons. The van der Waals surface area contributed by atoms with Crippen molar-refractivity contribution in [2.75, 3.05) is 17.2 Å². The first-order chi connectivity index (χ1) is 14.9. The molecular weight excluding hydrogens is 388 g/mol. The Labute approximate surface area is 183 Å². The molecule has 3 aromatic rings. The van der Waals surface area contributed by atoms with E-state index >= 15 is 0 Å². The van der Waals surface area contributed by atoms with Gasteiger partial charge >= 0.3 is 0 Å². The number of carbonyl (C=O) groups excluding carboxylic acids is 2. The molecule has 2 N–H and O–H groups in total. The van der Waals surface area contributed by atoms with Gasteiger partial charge in [0.1, 0.15) is 5.75 Å². The minimum absolute atomic E-state index is 0.161. The summed E-state index contributed by atoms with van der Waals surface area (Å²) < 4.78 is 5.69. The number of hydrogen-bond donors (Lipinski definition) is 2. The third-order valence-corrected chi connectivity index (χ3v) is 4.87. The molecule has 0 spiro atoms.